The maximum Gasteiger partial charge on any atom is 0.317 e. The SMILES string of the molecule is COc1ccc(CNC(=O)N(C)Cc2cc(C)on2)cn1. The van der Waals surface area contributed by atoms with E-state index in [-0.39, 0.29) is 6.03 Å². The van der Waals surface area contributed by atoms with Crippen LogP contribution in [-0.2, 0) is 13.1 Å². The van der Waals surface area contributed by atoms with Gasteiger partial charge in [0.1, 0.15) is 11.5 Å². The first-order chi connectivity index (χ1) is 10.1. The van der Waals surface area contributed by atoms with Crippen LogP contribution in [0.1, 0.15) is 17.0 Å². The highest BCUT2D eigenvalue weighted by Crippen LogP contribution is 2.07. The van der Waals surface area contributed by atoms with Crippen molar-refractivity contribution in [3.05, 3.63) is 41.4 Å². The predicted octanol–water partition coefficient (Wildman–Crippen LogP) is 1.73. The standard InChI is InChI=1S/C14H18N4O3/c1-10-6-12(17-21-10)9-18(2)14(19)16-8-11-4-5-13(20-3)15-7-11/h4-7H,8-9H2,1-3H3,(H,16,19). The molecule has 2 aromatic rings. The normalized spacial score (nSPS) is 10.2. The van der Waals surface area contributed by atoms with Crippen LogP contribution in [0, 0.1) is 6.92 Å². The topological polar surface area (TPSA) is 80.5 Å². The van der Waals surface area contributed by atoms with E-state index >= 15 is 0 Å². The van der Waals surface area contributed by atoms with E-state index in [0.29, 0.717) is 19.0 Å². The lowest BCUT2D eigenvalue weighted by molar-refractivity contribution is 0.205. The van der Waals surface area contributed by atoms with E-state index in [9.17, 15) is 4.79 Å². The number of carbonyl (C=O) groups excluding carboxylic acids is 1. The summed E-state index contributed by atoms with van der Waals surface area (Å²) in [5, 5.41) is 6.67. The zero-order valence-corrected chi connectivity index (χ0v) is 12.3. The summed E-state index contributed by atoms with van der Waals surface area (Å²) < 4.78 is 9.95. The molecule has 0 aliphatic carbocycles. The summed E-state index contributed by atoms with van der Waals surface area (Å²) in [6.07, 6.45) is 1.67. The molecule has 2 amide bonds. The van der Waals surface area contributed by atoms with Crippen LogP contribution in [0.15, 0.2) is 28.9 Å². The number of nitrogens with zero attached hydrogens (tertiary/aromatic N) is 3. The summed E-state index contributed by atoms with van der Waals surface area (Å²) in [5.74, 6) is 1.27. The maximum absolute atomic E-state index is 12.0. The molecule has 2 aromatic heterocycles. The molecule has 0 radical (unpaired) electrons. The third-order valence-electron chi connectivity index (χ3n) is 2.87. The first kappa shape index (κ1) is 14.8. The van der Waals surface area contributed by atoms with Gasteiger partial charge in [0.15, 0.2) is 0 Å². The molecule has 0 saturated heterocycles. The van der Waals surface area contributed by atoms with Crippen molar-refractivity contribution < 1.29 is 14.1 Å². The van der Waals surface area contributed by atoms with Gasteiger partial charge < -0.3 is 19.5 Å². The van der Waals surface area contributed by atoms with Gasteiger partial charge in [0.2, 0.25) is 5.88 Å². The van der Waals surface area contributed by atoms with Crippen molar-refractivity contribution in [2.75, 3.05) is 14.2 Å². The zero-order valence-electron chi connectivity index (χ0n) is 12.3. The second-order valence-electron chi connectivity index (χ2n) is 4.65. The smallest absolute Gasteiger partial charge is 0.317 e. The lowest BCUT2D eigenvalue weighted by atomic mass is 10.3. The fraction of sp³-hybridized carbons (Fsp3) is 0.357. The summed E-state index contributed by atoms with van der Waals surface area (Å²) >= 11 is 0. The minimum absolute atomic E-state index is 0.188. The summed E-state index contributed by atoms with van der Waals surface area (Å²) in [6, 6.07) is 5.22. The zero-order chi connectivity index (χ0) is 15.2. The second-order valence-corrected chi connectivity index (χ2v) is 4.65. The van der Waals surface area contributed by atoms with Crippen molar-refractivity contribution >= 4 is 6.03 Å². The van der Waals surface area contributed by atoms with Crippen LogP contribution < -0.4 is 10.1 Å². The van der Waals surface area contributed by atoms with Crippen molar-refractivity contribution in [1.82, 2.24) is 20.4 Å². The molecule has 7 nitrogen and oxygen atoms in total. The molecule has 1 N–H and O–H groups in total. The van der Waals surface area contributed by atoms with Crippen LogP contribution in [0.5, 0.6) is 5.88 Å². The van der Waals surface area contributed by atoms with Gasteiger partial charge in [-0.2, -0.15) is 0 Å². The number of pyridine rings is 1. The molecule has 0 bridgehead atoms. The lowest BCUT2D eigenvalue weighted by Gasteiger charge is -2.16. The van der Waals surface area contributed by atoms with Gasteiger partial charge in [-0.05, 0) is 12.5 Å². The van der Waals surface area contributed by atoms with Crippen molar-refractivity contribution in [3.63, 3.8) is 0 Å². The number of aryl methyl sites for hydroxylation is 1. The third-order valence-corrected chi connectivity index (χ3v) is 2.87. The number of nitrogens with one attached hydrogen (secondary N) is 1. The van der Waals surface area contributed by atoms with Gasteiger partial charge in [-0.25, -0.2) is 9.78 Å². The molecule has 0 aliphatic heterocycles. The molecule has 0 aliphatic rings. The number of hydrogen-bond acceptors (Lipinski definition) is 5. The van der Waals surface area contributed by atoms with Gasteiger partial charge in [-0.3, -0.25) is 0 Å². The van der Waals surface area contributed by atoms with Crippen LogP contribution >= 0.6 is 0 Å². The van der Waals surface area contributed by atoms with Gasteiger partial charge in [-0.15, -0.1) is 0 Å². The van der Waals surface area contributed by atoms with Crippen LogP contribution in [0.4, 0.5) is 4.79 Å². The molecular formula is C14H18N4O3. The van der Waals surface area contributed by atoms with Crippen molar-refractivity contribution in [2.45, 2.75) is 20.0 Å². The summed E-state index contributed by atoms with van der Waals surface area (Å²) in [4.78, 5) is 17.6. The Morgan fingerprint density at radius 1 is 1.48 bits per heavy atom. The minimum atomic E-state index is -0.188. The molecule has 0 aromatic carbocycles. The molecule has 21 heavy (non-hydrogen) atoms. The number of ether oxygens (including phenoxy) is 1. The highest BCUT2D eigenvalue weighted by Gasteiger charge is 2.11. The van der Waals surface area contributed by atoms with Gasteiger partial charge in [0, 0.05) is 31.9 Å². The number of hydrogen-bond donors (Lipinski definition) is 1. The molecule has 0 spiro atoms. The van der Waals surface area contributed by atoms with Crippen LogP contribution in [0.2, 0.25) is 0 Å². The van der Waals surface area contributed by atoms with Crippen molar-refractivity contribution in [1.29, 1.82) is 0 Å². The number of methoxy groups -OCH3 is 1. The Balaban J connectivity index is 1.82. The number of urea groups is 1. The first-order valence-corrected chi connectivity index (χ1v) is 6.48. The highest BCUT2D eigenvalue weighted by molar-refractivity contribution is 5.73. The molecule has 112 valence electrons. The highest BCUT2D eigenvalue weighted by atomic mass is 16.5. The summed E-state index contributed by atoms with van der Waals surface area (Å²) in [6.45, 7) is 2.61. The molecule has 2 rings (SSSR count). The largest absolute Gasteiger partial charge is 0.481 e. The average molecular weight is 290 g/mol. The third kappa shape index (κ3) is 4.20. The molecule has 0 atom stereocenters. The van der Waals surface area contributed by atoms with Gasteiger partial charge in [0.05, 0.1) is 13.7 Å². The Hall–Kier alpha value is -2.57. The first-order valence-electron chi connectivity index (χ1n) is 6.48. The molecule has 0 saturated carbocycles. The number of rotatable bonds is 5. The van der Waals surface area contributed by atoms with Crippen LogP contribution in [-0.4, -0.2) is 35.2 Å². The second kappa shape index (κ2) is 6.74. The van der Waals surface area contributed by atoms with E-state index in [1.807, 2.05) is 13.0 Å². The number of aromatic nitrogens is 2. The predicted molar refractivity (Wildman–Crippen MR) is 75.7 cm³/mol. The lowest BCUT2D eigenvalue weighted by Crippen LogP contribution is -2.36. The molecule has 2 heterocycles. The summed E-state index contributed by atoms with van der Waals surface area (Å²) in [5.41, 5.74) is 1.62. The average Bonchev–Trinajstić information content (AvgIpc) is 2.90. The Labute approximate surface area is 122 Å². The molecule has 0 unspecified atom stereocenters. The van der Waals surface area contributed by atoms with E-state index in [1.54, 1.807) is 32.5 Å². The Morgan fingerprint density at radius 2 is 2.29 bits per heavy atom. The van der Waals surface area contributed by atoms with Crippen molar-refractivity contribution in [3.8, 4) is 5.88 Å². The van der Waals surface area contributed by atoms with Crippen LogP contribution in [0.25, 0.3) is 0 Å². The van der Waals surface area contributed by atoms with E-state index in [4.69, 9.17) is 9.26 Å². The van der Waals surface area contributed by atoms with E-state index in [0.717, 1.165) is 17.0 Å². The van der Waals surface area contributed by atoms with Gasteiger partial charge in [-0.1, -0.05) is 11.2 Å². The quantitative estimate of drug-likeness (QED) is 0.907. The fourth-order valence-electron chi connectivity index (χ4n) is 1.76. The number of amides is 2. The Morgan fingerprint density at radius 3 is 2.86 bits per heavy atom. The maximum atomic E-state index is 12.0. The minimum Gasteiger partial charge on any atom is -0.481 e. The Bertz CT molecular complexity index is 595. The number of carbonyl (C=O) groups is 1. The van der Waals surface area contributed by atoms with E-state index in [1.165, 1.54) is 4.90 Å². The van der Waals surface area contributed by atoms with Gasteiger partial charge in [0.25, 0.3) is 0 Å². The van der Waals surface area contributed by atoms with E-state index < -0.39 is 0 Å². The van der Waals surface area contributed by atoms with Crippen LogP contribution in [0.3, 0.4) is 0 Å². The van der Waals surface area contributed by atoms with E-state index in [2.05, 4.69) is 15.5 Å². The molecule has 0 fully saturated rings. The molecular weight excluding hydrogens is 272 g/mol. The Kier molecular flexibility index (Phi) is 4.76. The molecule has 7 heteroatoms. The van der Waals surface area contributed by atoms with Gasteiger partial charge >= 0.3 is 6.03 Å². The fourth-order valence-corrected chi connectivity index (χ4v) is 1.76. The monoisotopic (exact) mass is 290 g/mol. The van der Waals surface area contributed by atoms with Crippen molar-refractivity contribution in [2.24, 2.45) is 0 Å². The summed E-state index contributed by atoms with van der Waals surface area (Å²) in [7, 11) is 3.26.